The zero-order chi connectivity index (χ0) is 23.5. The summed E-state index contributed by atoms with van der Waals surface area (Å²) in [5.41, 5.74) is 1.85. The molecule has 0 atom stereocenters. The van der Waals surface area contributed by atoms with Crippen molar-refractivity contribution in [3.8, 4) is 5.75 Å². The van der Waals surface area contributed by atoms with Gasteiger partial charge in [0, 0.05) is 35.2 Å². The number of phenolic OH excluding ortho intramolecular Hbond substituents is 1. The molecule has 0 radical (unpaired) electrons. The first kappa shape index (κ1) is 22.1. The van der Waals surface area contributed by atoms with Gasteiger partial charge in [-0.25, -0.2) is 4.98 Å². The highest BCUT2D eigenvalue weighted by molar-refractivity contribution is 7.12. The number of ketones is 1. The van der Waals surface area contributed by atoms with Gasteiger partial charge >= 0.3 is 0 Å². The van der Waals surface area contributed by atoms with Crippen LogP contribution in [0.5, 0.6) is 5.75 Å². The molecule has 1 amide bonds. The van der Waals surface area contributed by atoms with Crippen LogP contribution >= 0.6 is 11.3 Å². The molecule has 1 aliphatic carbocycles. The third-order valence-electron chi connectivity index (χ3n) is 7.24. The number of phenols is 1. The SMILES string of the molecule is Cc1cc(C(=O)N2CCC3(CC2)CC(=O)c2nc(C(C)(C)C)sc2C3)c(O)c2ccccc12. The lowest BCUT2D eigenvalue weighted by Gasteiger charge is -2.43. The van der Waals surface area contributed by atoms with E-state index in [1.807, 2.05) is 36.1 Å². The van der Waals surface area contributed by atoms with Gasteiger partial charge in [-0.05, 0) is 48.6 Å². The molecule has 172 valence electrons. The molecular formula is C27H30N2O3S. The Bertz CT molecular complexity index is 1280. The van der Waals surface area contributed by atoms with Crippen molar-refractivity contribution in [2.45, 2.75) is 58.8 Å². The summed E-state index contributed by atoms with van der Waals surface area (Å²) < 4.78 is 0. The van der Waals surface area contributed by atoms with Crippen molar-refractivity contribution in [3.63, 3.8) is 0 Å². The first-order valence-corrected chi connectivity index (χ1v) is 12.4. The van der Waals surface area contributed by atoms with Crippen LogP contribution in [-0.4, -0.2) is 39.8 Å². The van der Waals surface area contributed by atoms with Gasteiger partial charge in [0.2, 0.25) is 0 Å². The number of Topliss-reactive ketones (excluding diaryl/α,β-unsaturated/α-hetero) is 1. The summed E-state index contributed by atoms with van der Waals surface area (Å²) in [6.07, 6.45) is 2.96. The molecule has 2 heterocycles. The fourth-order valence-electron chi connectivity index (χ4n) is 5.25. The smallest absolute Gasteiger partial charge is 0.257 e. The predicted octanol–water partition coefficient (Wildman–Crippen LogP) is 5.66. The maximum Gasteiger partial charge on any atom is 0.257 e. The number of fused-ring (bicyclic) bond motifs is 2. The summed E-state index contributed by atoms with van der Waals surface area (Å²) in [7, 11) is 0. The van der Waals surface area contributed by atoms with Crippen molar-refractivity contribution >= 4 is 33.8 Å². The molecule has 1 saturated heterocycles. The van der Waals surface area contributed by atoms with Crippen molar-refractivity contribution in [1.29, 1.82) is 0 Å². The number of benzene rings is 2. The lowest BCUT2D eigenvalue weighted by atomic mass is 9.68. The lowest BCUT2D eigenvalue weighted by molar-refractivity contribution is 0.0520. The van der Waals surface area contributed by atoms with Gasteiger partial charge in [0.05, 0.1) is 10.6 Å². The number of aromatic nitrogens is 1. The van der Waals surface area contributed by atoms with Crippen LogP contribution in [0.3, 0.4) is 0 Å². The van der Waals surface area contributed by atoms with E-state index in [9.17, 15) is 14.7 Å². The standard InChI is InChI=1S/C27H30N2O3S/c1-16-13-19(23(31)18-8-6-5-7-17(16)18)24(32)29-11-9-27(10-12-29)14-20(30)22-21(15-27)33-25(28-22)26(2,3)4/h5-8,13,31H,9-12,14-15H2,1-4H3. The van der Waals surface area contributed by atoms with E-state index in [4.69, 9.17) is 0 Å². The molecule has 2 aromatic carbocycles. The number of amides is 1. The van der Waals surface area contributed by atoms with E-state index in [2.05, 4.69) is 25.8 Å². The number of rotatable bonds is 1. The lowest BCUT2D eigenvalue weighted by Crippen LogP contribution is -2.46. The molecule has 5 nitrogen and oxygen atoms in total. The molecule has 0 unspecified atom stereocenters. The molecule has 1 N–H and O–H groups in total. The number of aryl methyl sites for hydroxylation is 1. The second-order valence-electron chi connectivity index (χ2n) is 10.7. The Morgan fingerprint density at radius 3 is 2.45 bits per heavy atom. The Morgan fingerprint density at radius 2 is 1.79 bits per heavy atom. The zero-order valence-electron chi connectivity index (χ0n) is 19.7. The van der Waals surface area contributed by atoms with Crippen molar-refractivity contribution in [3.05, 3.63) is 57.0 Å². The number of likely N-dealkylation sites (tertiary alicyclic amines) is 1. The van der Waals surface area contributed by atoms with E-state index in [0.717, 1.165) is 40.1 Å². The van der Waals surface area contributed by atoms with Crippen LogP contribution in [0.15, 0.2) is 30.3 Å². The zero-order valence-corrected chi connectivity index (χ0v) is 20.5. The van der Waals surface area contributed by atoms with Crippen LogP contribution in [0.4, 0.5) is 0 Å². The largest absolute Gasteiger partial charge is 0.506 e. The number of nitrogens with zero attached hydrogens (tertiary/aromatic N) is 2. The predicted molar refractivity (Wildman–Crippen MR) is 131 cm³/mol. The van der Waals surface area contributed by atoms with Gasteiger partial charge in [0.1, 0.15) is 11.4 Å². The van der Waals surface area contributed by atoms with Crippen LogP contribution in [0, 0.1) is 12.3 Å². The van der Waals surface area contributed by atoms with Gasteiger partial charge in [0.25, 0.3) is 5.91 Å². The van der Waals surface area contributed by atoms with E-state index >= 15 is 0 Å². The second-order valence-corrected chi connectivity index (χ2v) is 11.8. The van der Waals surface area contributed by atoms with Crippen LogP contribution in [0.25, 0.3) is 10.8 Å². The van der Waals surface area contributed by atoms with E-state index in [0.29, 0.717) is 36.2 Å². The number of piperidine rings is 1. The highest BCUT2D eigenvalue weighted by Crippen LogP contribution is 2.46. The van der Waals surface area contributed by atoms with Gasteiger partial charge in [-0.3, -0.25) is 9.59 Å². The Kier molecular flexibility index (Phi) is 5.12. The Labute approximate surface area is 198 Å². The minimum atomic E-state index is -0.133. The maximum absolute atomic E-state index is 13.4. The van der Waals surface area contributed by atoms with Crippen LogP contribution in [0.2, 0.25) is 0 Å². The number of thiazole rings is 1. The number of hydrogen-bond acceptors (Lipinski definition) is 5. The van der Waals surface area contributed by atoms with Gasteiger partial charge < -0.3 is 10.0 Å². The summed E-state index contributed by atoms with van der Waals surface area (Å²) in [5, 5.41) is 13.5. The normalized spacial score (nSPS) is 18.1. The fourth-order valence-corrected chi connectivity index (χ4v) is 6.56. The monoisotopic (exact) mass is 462 g/mol. The Balaban J connectivity index is 1.36. The van der Waals surface area contributed by atoms with Crippen LogP contribution in [0.1, 0.15) is 76.3 Å². The minimum absolute atomic E-state index is 0.0540. The van der Waals surface area contributed by atoms with Gasteiger partial charge in [-0.2, -0.15) is 0 Å². The number of carbonyl (C=O) groups excluding carboxylic acids is 2. The Hall–Kier alpha value is -2.73. The number of hydrogen-bond donors (Lipinski definition) is 1. The quantitative estimate of drug-likeness (QED) is 0.507. The molecule has 1 aromatic heterocycles. The third-order valence-corrected chi connectivity index (χ3v) is 8.72. The number of carbonyl (C=O) groups is 2. The summed E-state index contributed by atoms with van der Waals surface area (Å²) in [6.45, 7) is 9.55. The molecule has 0 saturated carbocycles. The minimum Gasteiger partial charge on any atom is -0.506 e. The highest BCUT2D eigenvalue weighted by Gasteiger charge is 2.44. The summed E-state index contributed by atoms with van der Waals surface area (Å²) >= 11 is 1.68. The van der Waals surface area contributed by atoms with Gasteiger partial charge in [0.15, 0.2) is 5.78 Å². The van der Waals surface area contributed by atoms with Crippen molar-refractivity contribution in [1.82, 2.24) is 9.88 Å². The van der Waals surface area contributed by atoms with Gasteiger partial charge in [-0.15, -0.1) is 11.3 Å². The fraction of sp³-hybridized carbons (Fsp3) is 0.444. The molecule has 1 aliphatic heterocycles. The summed E-state index contributed by atoms with van der Waals surface area (Å²) in [4.78, 5) is 34.0. The van der Waals surface area contributed by atoms with Gasteiger partial charge in [-0.1, -0.05) is 45.0 Å². The molecule has 0 bridgehead atoms. The van der Waals surface area contributed by atoms with Crippen LogP contribution < -0.4 is 0 Å². The summed E-state index contributed by atoms with van der Waals surface area (Å²) in [6, 6.07) is 9.42. The first-order chi connectivity index (χ1) is 15.6. The second kappa shape index (κ2) is 7.66. The average Bonchev–Trinajstić information content (AvgIpc) is 3.21. The molecular weight excluding hydrogens is 432 g/mol. The molecule has 5 rings (SSSR count). The molecule has 3 aromatic rings. The Morgan fingerprint density at radius 1 is 1.12 bits per heavy atom. The van der Waals surface area contributed by atoms with Crippen molar-refractivity contribution < 1.29 is 14.7 Å². The van der Waals surface area contributed by atoms with Crippen LogP contribution in [-0.2, 0) is 11.8 Å². The van der Waals surface area contributed by atoms with E-state index < -0.39 is 0 Å². The molecule has 2 aliphatic rings. The topological polar surface area (TPSA) is 70.5 Å². The number of aromatic hydroxyl groups is 1. The molecule has 33 heavy (non-hydrogen) atoms. The average molecular weight is 463 g/mol. The van der Waals surface area contributed by atoms with E-state index in [-0.39, 0.29) is 28.3 Å². The van der Waals surface area contributed by atoms with Crippen molar-refractivity contribution in [2.75, 3.05) is 13.1 Å². The first-order valence-electron chi connectivity index (χ1n) is 11.6. The van der Waals surface area contributed by atoms with E-state index in [1.54, 1.807) is 17.4 Å². The van der Waals surface area contributed by atoms with Crippen molar-refractivity contribution in [2.24, 2.45) is 5.41 Å². The van der Waals surface area contributed by atoms with E-state index in [1.165, 1.54) is 0 Å². The summed E-state index contributed by atoms with van der Waals surface area (Å²) in [5.74, 6) is 0.0655. The third kappa shape index (κ3) is 3.74. The molecule has 1 fully saturated rings. The molecule has 6 heteroatoms. The molecule has 1 spiro atoms. The highest BCUT2D eigenvalue weighted by atomic mass is 32.1. The maximum atomic E-state index is 13.4.